The molecule has 0 spiro atoms. The highest BCUT2D eigenvalue weighted by Crippen LogP contribution is 2.23. The van der Waals surface area contributed by atoms with Crippen LogP contribution in [0.4, 0.5) is 5.95 Å². The molecule has 0 fully saturated rings. The number of amides is 1. The van der Waals surface area contributed by atoms with Gasteiger partial charge in [0.2, 0.25) is 5.95 Å². The third kappa shape index (κ3) is 3.78. The second kappa shape index (κ2) is 7.75. The van der Waals surface area contributed by atoms with Crippen molar-refractivity contribution in [2.45, 2.75) is 38.8 Å². The van der Waals surface area contributed by atoms with Gasteiger partial charge in [-0.1, -0.05) is 31.2 Å². The monoisotopic (exact) mass is 367 g/mol. The summed E-state index contributed by atoms with van der Waals surface area (Å²) < 4.78 is 1.80. The zero-order chi connectivity index (χ0) is 19.4. The van der Waals surface area contributed by atoms with Gasteiger partial charge in [-0.25, -0.2) is 4.98 Å². The summed E-state index contributed by atoms with van der Waals surface area (Å²) in [5.41, 5.74) is 0.609. The molecule has 7 nitrogen and oxygen atoms in total. The van der Waals surface area contributed by atoms with Crippen molar-refractivity contribution in [1.82, 2.24) is 19.9 Å². The summed E-state index contributed by atoms with van der Waals surface area (Å²) in [6.07, 6.45) is 12.2. The Hall–Kier alpha value is -2.93. The minimum absolute atomic E-state index is 0.242. The summed E-state index contributed by atoms with van der Waals surface area (Å²) in [6.45, 7) is 6.57. The molecule has 7 heteroatoms. The fourth-order valence-electron chi connectivity index (χ4n) is 3.08. The van der Waals surface area contributed by atoms with Crippen LogP contribution in [0.5, 0.6) is 0 Å². The minimum atomic E-state index is -0.795. The molecule has 2 unspecified atom stereocenters. The zero-order valence-corrected chi connectivity index (χ0v) is 15.8. The summed E-state index contributed by atoms with van der Waals surface area (Å²) >= 11 is 0. The second-order valence-corrected chi connectivity index (χ2v) is 6.57. The number of hydrogen-bond acceptors (Lipinski definition) is 5. The summed E-state index contributed by atoms with van der Waals surface area (Å²) in [4.78, 5) is 21.5. The van der Waals surface area contributed by atoms with Gasteiger partial charge in [0, 0.05) is 30.7 Å². The number of aromatic nitrogens is 3. The lowest BCUT2D eigenvalue weighted by atomic mass is 9.85. The standard InChI is InChI=1S/C20H25N5O2/c1-4-20(10-7-6-8-16(20)26)24-18(27)15-9-11-25(13-15)17-14(3)12-22-19(23-17)21-5-2/h6-13,16,26H,4-5H2,1-3H3,(H,24,27)(H,21,22,23). The number of allylic oxidation sites excluding steroid dienone is 2. The van der Waals surface area contributed by atoms with E-state index in [9.17, 15) is 9.90 Å². The molecule has 0 aromatic carbocycles. The van der Waals surface area contributed by atoms with Crippen LogP contribution in [-0.2, 0) is 0 Å². The molecule has 142 valence electrons. The van der Waals surface area contributed by atoms with Crippen molar-refractivity contribution in [2.24, 2.45) is 0 Å². The Morgan fingerprint density at radius 1 is 1.37 bits per heavy atom. The second-order valence-electron chi connectivity index (χ2n) is 6.57. The molecule has 2 heterocycles. The normalized spacial score (nSPS) is 21.3. The highest BCUT2D eigenvalue weighted by Gasteiger charge is 2.35. The third-order valence-electron chi connectivity index (χ3n) is 4.74. The predicted octanol–water partition coefficient (Wildman–Crippen LogP) is 2.37. The van der Waals surface area contributed by atoms with Gasteiger partial charge in [0.05, 0.1) is 17.2 Å². The van der Waals surface area contributed by atoms with Crippen LogP contribution in [-0.4, -0.2) is 43.7 Å². The Morgan fingerprint density at radius 3 is 2.89 bits per heavy atom. The molecule has 0 radical (unpaired) electrons. The molecule has 0 aliphatic heterocycles. The highest BCUT2D eigenvalue weighted by atomic mass is 16.3. The van der Waals surface area contributed by atoms with Gasteiger partial charge in [0.15, 0.2) is 0 Å². The first-order chi connectivity index (χ1) is 13.0. The van der Waals surface area contributed by atoms with Crippen LogP contribution >= 0.6 is 0 Å². The molecule has 2 aromatic heterocycles. The molecule has 0 saturated carbocycles. The van der Waals surface area contributed by atoms with Crippen LogP contribution in [0.25, 0.3) is 5.82 Å². The van der Waals surface area contributed by atoms with Gasteiger partial charge >= 0.3 is 0 Å². The van der Waals surface area contributed by atoms with Crippen molar-refractivity contribution in [3.8, 4) is 5.82 Å². The van der Waals surface area contributed by atoms with Gasteiger partial charge in [-0.2, -0.15) is 4.98 Å². The van der Waals surface area contributed by atoms with E-state index in [0.29, 0.717) is 23.8 Å². The maximum absolute atomic E-state index is 12.8. The molecule has 3 N–H and O–H groups in total. The van der Waals surface area contributed by atoms with Gasteiger partial charge in [-0.15, -0.1) is 0 Å². The largest absolute Gasteiger partial charge is 0.386 e. The molecule has 1 aliphatic carbocycles. The van der Waals surface area contributed by atoms with Gasteiger partial charge < -0.3 is 20.3 Å². The number of nitrogens with one attached hydrogen (secondary N) is 2. The van der Waals surface area contributed by atoms with E-state index in [1.165, 1.54) is 0 Å². The fourth-order valence-corrected chi connectivity index (χ4v) is 3.08. The zero-order valence-electron chi connectivity index (χ0n) is 15.8. The minimum Gasteiger partial charge on any atom is -0.386 e. The van der Waals surface area contributed by atoms with Crippen LogP contribution in [0.3, 0.4) is 0 Å². The van der Waals surface area contributed by atoms with Gasteiger partial charge in [-0.3, -0.25) is 4.79 Å². The number of aliphatic hydroxyl groups excluding tert-OH is 1. The van der Waals surface area contributed by atoms with Crippen LogP contribution in [0.1, 0.15) is 36.2 Å². The van der Waals surface area contributed by atoms with E-state index in [1.54, 1.807) is 41.4 Å². The number of carbonyl (C=O) groups is 1. The summed E-state index contributed by atoms with van der Waals surface area (Å²) in [5, 5.41) is 16.4. The number of anilines is 1. The molecule has 27 heavy (non-hydrogen) atoms. The van der Waals surface area contributed by atoms with Gasteiger partial charge in [0.1, 0.15) is 5.82 Å². The third-order valence-corrected chi connectivity index (χ3v) is 4.74. The summed E-state index contributed by atoms with van der Waals surface area (Å²) in [7, 11) is 0. The Kier molecular flexibility index (Phi) is 5.41. The highest BCUT2D eigenvalue weighted by molar-refractivity contribution is 5.95. The van der Waals surface area contributed by atoms with Crippen molar-refractivity contribution >= 4 is 11.9 Å². The van der Waals surface area contributed by atoms with E-state index in [0.717, 1.165) is 12.1 Å². The summed E-state index contributed by atoms with van der Waals surface area (Å²) in [6, 6.07) is 1.74. The van der Waals surface area contributed by atoms with E-state index in [2.05, 4.69) is 20.6 Å². The van der Waals surface area contributed by atoms with E-state index in [-0.39, 0.29) is 5.91 Å². The molecule has 1 amide bonds. The number of aryl methyl sites for hydroxylation is 1. The SMILES string of the molecule is CCNc1ncc(C)c(-n2ccc(C(=O)NC3(CC)C=CC=CC3O)c2)n1. The predicted molar refractivity (Wildman–Crippen MR) is 105 cm³/mol. The van der Waals surface area contributed by atoms with Crippen LogP contribution in [0.2, 0.25) is 0 Å². The van der Waals surface area contributed by atoms with Crippen LogP contribution < -0.4 is 10.6 Å². The number of carbonyl (C=O) groups excluding carboxylic acids is 1. The summed E-state index contributed by atoms with van der Waals surface area (Å²) in [5.74, 6) is 1.02. The molecule has 0 saturated heterocycles. The fraction of sp³-hybridized carbons (Fsp3) is 0.350. The Bertz CT molecular complexity index is 886. The van der Waals surface area contributed by atoms with Crippen molar-refractivity contribution in [1.29, 1.82) is 0 Å². The number of rotatable bonds is 6. The Morgan fingerprint density at radius 2 is 2.19 bits per heavy atom. The van der Waals surface area contributed by atoms with Gasteiger partial charge in [-0.05, 0) is 26.3 Å². The molecular formula is C20H25N5O2. The van der Waals surface area contributed by atoms with Gasteiger partial charge in [0.25, 0.3) is 5.91 Å². The average molecular weight is 367 g/mol. The first-order valence-electron chi connectivity index (χ1n) is 9.11. The Balaban J connectivity index is 1.83. The van der Waals surface area contributed by atoms with Crippen molar-refractivity contribution in [3.63, 3.8) is 0 Å². The number of hydrogen-bond donors (Lipinski definition) is 3. The Labute approximate surface area is 158 Å². The molecule has 3 rings (SSSR count). The molecule has 2 aromatic rings. The van der Waals surface area contributed by atoms with E-state index < -0.39 is 11.6 Å². The number of aliphatic hydroxyl groups is 1. The van der Waals surface area contributed by atoms with Crippen molar-refractivity contribution in [3.05, 3.63) is 60.1 Å². The lowest BCUT2D eigenvalue weighted by molar-refractivity contribution is 0.0789. The van der Waals surface area contributed by atoms with E-state index >= 15 is 0 Å². The van der Waals surface area contributed by atoms with Crippen molar-refractivity contribution in [2.75, 3.05) is 11.9 Å². The number of nitrogens with zero attached hydrogens (tertiary/aromatic N) is 3. The van der Waals surface area contributed by atoms with E-state index in [4.69, 9.17) is 0 Å². The first kappa shape index (κ1) is 18.8. The molecule has 2 atom stereocenters. The van der Waals surface area contributed by atoms with E-state index in [1.807, 2.05) is 32.9 Å². The topological polar surface area (TPSA) is 92.1 Å². The van der Waals surface area contributed by atoms with Crippen molar-refractivity contribution < 1.29 is 9.90 Å². The van der Waals surface area contributed by atoms with Crippen LogP contribution in [0, 0.1) is 6.92 Å². The average Bonchev–Trinajstić information content (AvgIpc) is 3.15. The quantitative estimate of drug-likeness (QED) is 0.729. The molecule has 1 aliphatic rings. The molecular weight excluding hydrogens is 342 g/mol. The lowest BCUT2D eigenvalue weighted by Gasteiger charge is -2.35. The smallest absolute Gasteiger partial charge is 0.253 e. The lowest BCUT2D eigenvalue weighted by Crippen LogP contribution is -2.55. The first-order valence-corrected chi connectivity index (χ1v) is 9.11. The molecule has 0 bridgehead atoms. The maximum atomic E-state index is 12.8. The maximum Gasteiger partial charge on any atom is 0.253 e. The van der Waals surface area contributed by atoms with Crippen LogP contribution in [0.15, 0.2) is 49.0 Å².